The number of para-hydroxylation sites is 1. The van der Waals surface area contributed by atoms with Crippen LogP contribution in [-0.2, 0) is 0 Å². The van der Waals surface area contributed by atoms with Crippen molar-refractivity contribution in [2.45, 2.75) is 6.92 Å². The molecule has 0 fully saturated rings. The lowest BCUT2D eigenvalue weighted by Gasteiger charge is -2.16. The predicted octanol–water partition coefficient (Wildman–Crippen LogP) is 7.92. The third-order valence-electron chi connectivity index (χ3n) is 5.56. The molecule has 0 radical (unpaired) electrons. The summed E-state index contributed by atoms with van der Waals surface area (Å²) >= 11 is 12.6. The number of fused-ring (bicyclic) bond motifs is 2. The molecule has 0 atom stereocenters. The summed E-state index contributed by atoms with van der Waals surface area (Å²) in [5.74, 6) is -0.192. The fourth-order valence-corrected chi connectivity index (χ4v) is 4.50. The summed E-state index contributed by atoms with van der Waals surface area (Å²) < 4.78 is 0. The minimum atomic E-state index is -0.192. The molecule has 1 heterocycles. The normalized spacial score (nSPS) is 11.1. The largest absolute Gasteiger partial charge is 0.322 e. The van der Waals surface area contributed by atoms with Gasteiger partial charge in [0.05, 0.1) is 21.8 Å². The summed E-state index contributed by atoms with van der Waals surface area (Å²) in [5, 5.41) is 7.08. The molecule has 32 heavy (non-hydrogen) atoms. The molecule has 5 heteroatoms. The van der Waals surface area contributed by atoms with Gasteiger partial charge < -0.3 is 5.32 Å². The van der Waals surface area contributed by atoms with Crippen molar-refractivity contribution in [3.05, 3.63) is 106 Å². The van der Waals surface area contributed by atoms with Crippen LogP contribution in [0.1, 0.15) is 15.9 Å². The van der Waals surface area contributed by atoms with Gasteiger partial charge in [-0.15, -0.1) is 0 Å². The van der Waals surface area contributed by atoms with E-state index in [1.54, 1.807) is 12.1 Å². The van der Waals surface area contributed by atoms with E-state index < -0.39 is 0 Å². The number of pyridine rings is 1. The SMILES string of the molecule is Cc1c(-c2ccc(Cl)cc2Cl)nc2ccccc2c1C(=O)Nc1ccc2ccccc2c1. The van der Waals surface area contributed by atoms with Gasteiger partial charge in [0.15, 0.2) is 0 Å². The number of anilines is 1. The first-order valence-corrected chi connectivity index (χ1v) is 10.9. The van der Waals surface area contributed by atoms with E-state index in [9.17, 15) is 4.79 Å². The van der Waals surface area contributed by atoms with Gasteiger partial charge in [-0.3, -0.25) is 4.79 Å². The first-order chi connectivity index (χ1) is 15.5. The Bertz CT molecular complexity index is 1510. The average molecular weight is 457 g/mol. The number of carbonyl (C=O) groups is 1. The highest BCUT2D eigenvalue weighted by Gasteiger charge is 2.20. The van der Waals surface area contributed by atoms with Gasteiger partial charge in [-0.25, -0.2) is 4.98 Å². The maximum Gasteiger partial charge on any atom is 0.256 e. The number of aromatic nitrogens is 1. The van der Waals surface area contributed by atoms with Crippen molar-refractivity contribution in [3.8, 4) is 11.3 Å². The molecule has 5 aromatic rings. The number of nitrogens with zero attached hydrogens (tertiary/aromatic N) is 1. The molecule has 0 spiro atoms. The Balaban J connectivity index is 1.64. The molecule has 1 N–H and O–H groups in total. The molecule has 0 aliphatic heterocycles. The third-order valence-corrected chi connectivity index (χ3v) is 6.10. The second kappa shape index (κ2) is 8.27. The number of rotatable bonds is 3. The van der Waals surface area contributed by atoms with E-state index in [0.717, 1.165) is 38.5 Å². The summed E-state index contributed by atoms with van der Waals surface area (Å²) in [5.41, 5.74) is 4.19. The molecule has 4 aromatic carbocycles. The van der Waals surface area contributed by atoms with Gasteiger partial charge in [0.25, 0.3) is 5.91 Å². The summed E-state index contributed by atoms with van der Waals surface area (Å²) in [6.45, 7) is 1.90. The molecule has 1 amide bonds. The highest BCUT2D eigenvalue weighted by molar-refractivity contribution is 6.36. The van der Waals surface area contributed by atoms with E-state index in [4.69, 9.17) is 28.2 Å². The summed E-state index contributed by atoms with van der Waals surface area (Å²) in [7, 11) is 0. The van der Waals surface area contributed by atoms with Crippen molar-refractivity contribution in [1.82, 2.24) is 4.98 Å². The van der Waals surface area contributed by atoms with E-state index in [1.807, 2.05) is 79.7 Å². The van der Waals surface area contributed by atoms with E-state index in [-0.39, 0.29) is 5.91 Å². The lowest BCUT2D eigenvalue weighted by Crippen LogP contribution is -2.15. The molecule has 0 unspecified atom stereocenters. The van der Waals surface area contributed by atoms with Crippen LogP contribution in [0.4, 0.5) is 5.69 Å². The number of hydrogen-bond acceptors (Lipinski definition) is 2. The molecule has 3 nitrogen and oxygen atoms in total. The van der Waals surface area contributed by atoms with Crippen LogP contribution in [0, 0.1) is 6.92 Å². The van der Waals surface area contributed by atoms with Crippen LogP contribution >= 0.6 is 23.2 Å². The summed E-state index contributed by atoms with van der Waals surface area (Å²) in [4.78, 5) is 18.3. The molecule has 0 bridgehead atoms. The van der Waals surface area contributed by atoms with Crippen molar-refractivity contribution < 1.29 is 4.79 Å². The lowest BCUT2D eigenvalue weighted by atomic mass is 9.97. The Morgan fingerprint density at radius 3 is 2.41 bits per heavy atom. The zero-order valence-electron chi connectivity index (χ0n) is 17.2. The molecule has 0 aliphatic rings. The van der Waals surface area contributed by atoms with Gasteiger partial charge in [-0.2, -0.15) is 0 Å². The minimum absolute atomic E-state index is 0.192. The highest BCUT2D eigenvalue weighted by atomic mass is 35.5. The van der Waals surface area contributed by atoms with E-state index >= 15 is 0 Å². The van der Waals surface area contributed by atoms with Gasteiger partial charge in [0.2, 0.25) is 0 Å². The number of carbonyl (C=O) groups excluding carboxylic acids is 1. The Kier molecular flexibility index (Phi) is 5.30. The van der Waals surface area contributed by atoms with E-state index in [2.05, 4.69) is 5.32 Å². The van der Waals surface area contributed by atoms with Crippen molar-refractivity contribution in [2.24, 2.45) is 0 Å². The minimum Gasteiger partial charge on any atom is -0.322 e. The average Bonchev–Trinajstić information content (AvgIpc) is 2.79. The molecule has 0 aliphatic carbocycles. The van der Waals surface area contributed by atoms with Gasteiger partial charge in [0, 0.05) is 21.7 Å². The third kappa shape index (κ3) is 3.70. The fraction of sp³-hybridized carbons (Fsp3) is 0.0370. The number of hydrogen-bond donors (Lipinski definition) is 1. The quantitative estimate of drug-likeness (QED) is 0.299. The van der Waals surface area contributed by atoms with Gasteiger partial charge >= 0.3 is 0 Å². The number of nitrogens with one attached hydrogen (secondary N) is 1. The van der Waals surface area contributed by atoms with Crippen LogP contribution < -0.4 is 5.32 Å². The zero-order chi connectivity index (χ0) is 22.2. The molecule has 0 saturated carbocycles. The van der Waals surface area contributed by atoms with Crippen molar-refractivity contribution in [2.75, 3.05) is 5.32 Å². The lowest BCUT2D eigenvalue weighted by molar-refractivity contribution is 0.102. The Hall–Kier alpha value is -3.40. The number of halogens is 2. The van der Waals surface area contributed by atoms with Crippen LogP contribution in [0.15, 0.2) is 84.9 Å². The topological polar surface area (TPSA) is 42.0 Å². The molecular formula is C27H18Cl2N2O. The summed E-state index contributed by atoms with van der Waals surface area (Å²) in [6.07, 6.45) is 0. The van der Waals surface area contributed by atoms with Crippen LogP contribution in [0.25, 0.3) is 32.9 Å². The molecule has 0 saturated heterocycles. The predicted molar refractivity (Wildman–Crippen MR) is 134 cm³/mol. The second-order valence-electron chi connectivity index (χ2n) is 7.62. The Labute approximate surface area is 195 Å². The van der Waals surface area contributed by atoms with Crippen LogP contribution in [0.2, 0.25) is 10.0 Å². The van der Waals surface area contributed by atoms with Gasteiger partial charge in [-0.1, -0.05) is 71.7 Å². The first-order valence-electron chi connectivity index (χ1n) is 10.2. The first kappa shape index (κ1) is 20.5. The summed E-state index contributed by atoms with van der Waals surface area (Å²) in [6, 6.07) is 26.9. The monoisotopic (exact) mass is 456 g/mol. The second-order valence-corrected chi connectivity index (χ2v) is 8.46. The molecular weight excluding hydrogens is 439 g/mol. The van der Waals surface area contributed by atoms with E-state index in [1.165, 1.54) is 0 Å². The van der Waals surface area contributed by atoms with Crippen LogP contribution in [0.3, 0.4) is 0 Å². The maximum atomic E-state index is 13.5. The van der Waals surface area contributed by atoms with Crippen LogP contribution in [-0.4, -0.2) is 10.9 Å². The fourth-order valence-electron chi connectivity index (χ4n) is 4.00. The van der Waals surface area contributed by atoms with E-state index in [0.29, 0.717) is 21.3 Å². The molecule has 5 rings (SSSR count). The van der Waals surface area contributed by atoms with Crippen molar-refractivity contribution in [1.29, 1.82) is 0 Å². The van der Waals surface area contributed by atoms with Gasteiger partial charge in [-0.05, 0) is 59.7 Å². The van der Waals surface area contributed by atoms with Crippen molar-refractivity contribution >= 4 is 56.5 Å². The maximum absolute atomic E-state index is 13.5. The standard InChI is InChI=1S/C27H18Cl2N2O/c1-16-25(27(32)30-20-12-10-17-6-2-3-7-18(17)14-20)22-8-4-5-9-24(22)31-26(16)21-13-11-19(28)15-23(21)29/h2-15H,1H3,(H,30,32). The smallest absolute Gasteiger partial charge is 0.256 e. The number of benzene rings is 4. The van der Waals surface area contributed by atoms with Gasteiger partial charge in [0.1, 0.15) is 0 Å². The van der Waals surface area contributed by atoms with Crippen molar-refractivity contribution in [3.63, 3.8) is 0 Å². The zero-order valence-corrected chi connectivity index (χ0v) is 18.7. The Morgan fingerprint density at radius 1 is 0.844 bits per heavy atom. The van der Waals surface area contributed by atoms with Crippen LogP contribution in [0.5, 0.6) is 0 Å². The number of amides is 1. The highest BCUT2D eigenvalue weighted by Crippen LogP contribution is 2.35. The Morgan fingerprint density at radius 2 is 1.59 bits per heavy atom. The molecule has 156 valence electrons. The molecule has 1 aromatic heterocycles.